The molecule has 0 heterocycles. The highest BCUT2D eigenvalue weighted by atomic mass is 16.3. The maximum absolute atomic E-state index is 9.52. The van der Waals surface area contributed by atoms with Crippen molar-refractivity contribution in [3.8, 4) is 0 Å². The van der Waals surface area contributed by atoms with Crippen LogP contribution in [-0.2, 0) is 0 Å². The highest BCUT2D eigenvalue weighted by Crippen LogP contribution is 2.50. The van der Waals surface area contributed by atoms with Crippen molar-refractivity contribution >= 4 is 0 Å². The van der Waals surface area contributed by atoms with E-state index in [1.807, 2.05) is 0 Å². The van der Waals surface area contributed by atoms with Gasteiger partial charge in [0.2, 0.25) is 0 Å². The Morgan fingerprint density at radius 2 is 2.23 bits per heavy atom. The summed E-state index contributed by atoms with van der Waals surface area (Å²) in [5, 5.41) is 13.1. The lowest BCUT2D eigenvalue weighted by molar-refractivity contribution is 0.0980. The minimum Gasteiger partial charge on any atom is -0.394 e. The second-order valence-electron chi connectivity index (χ2n) is 5.19. The Morgan fingerprint density at radius 1 is 1.46 bits per heavy atom. The molecule has 2 aliphatic rings. The lowest BCUT2D eigenvalue weighted by atomic mass is 9.81. The van der Waals surface area contributed by atoms with Crippen LogP contribution in [0.3, 0.4) is 0 Å². The monoisotopic (exact) mass is 183 g/mol. The first-order valence-corrected chi connectivity index (χ1v) is 5.55. The fourth-order valence-corrected chi connectivity index (χ4v) is 3.44. The van der Waals surface area contributed by atoms with E-state index in [2.05, 4.69) is 19.2 Å². The van der Waals surface area contributed by atoms with E-state index in [0.717, 1.165) is 11.8 Å². The van der Waals surface area contributed by atoms with Crippen LogP contribution in [0.1, 0.15) is 39.5 Å². The summed E-state index contributed by atoms with van der Waals surface area (Å²) in [5.41, 5.74) is 0.0804. The topological polar surface area (TPSA) is 32.3 Å². The lowest BCUT2D eigenvalue weighted by Crippen LogP contribution is -2.55. The Kier molecular flexibility index (Phi) is 2.37. The van der Waals surface area contributed by atoms with Gasteiger partial charge in [0.25, 0.3) is 0 Å². The molecule has 2 heteroatoms. The zero-order valence-corrected chi connectivity index (χ0v) is 8.71. The Bertz CT molecular complexity index is 193. The zero-order chi connectivity index (χ0) is 9.47. The van der Waals surface area contributed by atoms with Crippen molar-refractivity contribution < 1.29 is 5.11 Å². The first-order chi connectivity index (χ1) is 6.16. The number of hydrogen-bond acceptors (Lipinski definition) is 2. The van der Waals surface area contributed by atoms with Crippen LogP contribution in [0.5, 0.6) is 0 Å². The molecule has 0 aliphatic heterocycles. The highest BCUT2D eigenvalue weighted by molar-refractivity contribution is 5.06. The largest absolute Gasteiger partial charge is 0.394 e. The minimum absolute atomic E-state index is 0.0804. The number of nitrogens with one attached hydrogen (secondary N) is 1. The summed E-state index contributed by atoms with van der Waals surface area (Å²) in [6.45, 7) is 4.67. The fraction of sp³-hybridized carbons (Fsp3) is 1.00. The van der Waals surface area contributed by atoms with Gasteiger partial charge in [-0.05, 0) is 31.1 Å². The Labute approximate surface area is 80.7 Å². The molecule has 0 saturated heterocycles. The van der Waals surface area contributed by atoms with Gasteiger partial charge in [0, 0.05) is 11.6 Å². The SMILES string of the molecule is CC(C)N[C@@]1(CO)C[C@H]2CC[C@@H]1C2. The molecule has 2 bridgehead atoms. The van der Waals surface area contributed by atoms with E-state index < -0.39 is 0 Å². The zero-order valence-electron chi connectivity index (χ0n) is 8.71. The number of hydrogen-bond donors (Lipinski definition) is 2. The Hall–Kier alpha value is -0.0800. The van der Waals surface area contributed by atoms with Crippen LogP contribution >= 0.6 is 0 Å². The third-order valence-electron chi connectivity index (χ3n) is 3.83. The van der Waals surface area contributed by atoms with E-state index in [0.29, 0.717) is 12.6 Å². The van der Waals surface area contributed by atoms with Crippen molar-refractivity contribution in [2.45, 2.75) is 51.1 Å². The normalized spacial score (nSPS) is 43.4. The maximum Gasteiger partial charge on any atom is 0.0616 e. The number of aliphatic hydroxyl groups is 1. The van der Waals surface area contributed by atoms with E-state index in [1.165, 1.54) is 25.7 Å². The summed E-state index contributed by atoms with van der Waals surface area (Å²) in [6.07, 6.45) is 5.27. The quantitative estimate of drug-likeness (QED) is 0.695. The smallest absolute Gasteiger partial charge is 0.0616 e. The summed E-state index contributed by atoms with van der Waals surface area (Å²) in [6, 6.07) is 0.492. The van der Waals surface area contributed by atoms with Gasteiger partial charge in [-0.15, -0.1) is 0 Å². The molecule has 3 atom stereocenters. The number of rotatable bonds is 3. The summed E-state index contributed by atoms with van der Waals surface area (Å²) in [4.78, 5) is 0. The maximum atomic E-state index is 9.52. The summed E-state index contributed by atoms with van der Waals surface area (Å²) in [5.74, 6) is 1.63. The summed E-state index contributed by atoms with van der Waals surface area (Å²) in [7, 11) is 0. The van der Waals surface area contributed by atoms with E-state index in [-0.39, 0.29) is 5.54 Å². The third-order valence-corrected chi connectivity index (χ3v) is 3.83. The molecule has 0 aromatic carbocycles. The average molecular weight is 183 g/mol. The molecule has 2 saturated carbocycles. The first kappa shape index (κ1) is 9.47. The van der Waals surface area contributed by atoms with Gasteiger partial charge in [-0.3, -0.25) is 0 Å². The molecular weight excluding hydrogens is 162 g/mol. The van der Waals surface area contributed by atoms with Gasteiger partial charge in [-0.1, -0.05) is 20.3 Å². The van der Waals surface area contributed by atoms with Crippen molar-refractivity contribution in [1.29, 1.82) is 0 Å². The van der Waals surface area contributed by atoms with Gasteiger partial charge in [-0.25, -0.2) is 0 Å². The van der Waals surface area contributed by atoms with Crippen molar-refractivity contribution in [2.24, 2.45) is 11.8 Å². The van der Waals surface area contributed by atoms with Gasteiger partial charge in [0.05, 0.1) is 6.61 Å². The van der Waals surface area contributed by atoms with E-state index in [9.17, 15) is 5.11 Å². The molecule has 0 aromatic heterocycles. The lowest BCUT2D eigenvalue weighted by Gasteiger charge is -2.38. The molecule has 0 spiro atoms. The Balaban J connectivity index is 2.08. The Morgan fingerprint density at radius 3 is 2.62 bits per heavy atom. The van der Waals surface area contributed by atoms with Crippen molar-refractivity contribution in [1.82, 2.24) is 5.32 Å². The van der Waals surface area contributed by atoms with Crippen molar-refractivity contribution in [2.75, 3.05) is 6.61 Å². The predicted octanol–water partition coefficient (Wildman–Crippen LogP) is 1.54. The molecule has 0 aromatic rings. The van der Waals surface area contributed by atoms with E-state index >= 15 is 0 Å². The first-order valence-electron chi connectivity index (χ1n) is 5.55. The predicted molar refractivity (Wildman–Crippen MR) is 53.5 cm³/mol. The van der Waals surface area contributed by atoms with Crippen LogP contribution in [0.15, 0.2) is 0 Å². The molecule has 2 aliphatic carbocycles. The molecule has 76 valence electrons. The molecule has 0 amide bonds. The van der Waals surface area contributed by atoms with Gasteiger partial charge in [0.15, 0.2) is 0 Å². The molecular formula is C11H21NO. The van der Waals surface area contributed by atoms with Gasteiger partial charge in [-0.2, -0.15) is 0 Å². The molecule has 13 heavy (non-hydrogen) atoms. The number of fused-ring (bicyclic) bond motifs is 2. The van der Waals surface area contributed by atoms with Gasteiger partial charge in [0.1, 0.15) is 0 Å². The van der Waals surface area contributed by atoms with E-state index in [1.54, 1.807) is 0 Å². The van der Waals surface area contributed by atoms with Crippen LogP contribution in [-0.4, -0.2) is 23.3 Å². The molecule has 2 rings (SSSR count). The molecule has 0 unspecified atom stereocenters. The molecule has 2 N–H and O–H groups in total. The van der Waals surface area contributed by atoms with Gasteiger partial charge >= 0.3 is 0 Å². The third kappa shape index (κ3) is 1.50. The summed E-state index contributed by atoms with van der Waals surface area (Å²) >= 11 is 0. The fourth-order valence-electron chi connectivity index (χ4n) is 3.44. The van der Waals surface area contributed by atoms with Crippen molar-refractivity contribution in [3.05, 3.63) is 0 Å². The standard InChI is InChI=1S/C11H21NO/c1-8(2)12-11(7-13)6-9-3-4-10(11)5-9/h8-10,12-13H,3-7H2,1-2H3/t9-,10+,11+/m0/s1. The highest BCUT2D eigenvalue weighted by Gasteiger charge is 2.50. The van der Waals surface area contributed by atoms with Crippen molar-refractivity contribution in [3.63, 3.8) is 0 Å². The van der Waals surface area contributed by atoms with Crippen LogP contribution in [0.2, 0.25) is 0 Å². The average Bonchev–Trinajstić information content (AvgIpc) is 2.62. The van der Waals surface area contributed by atoms with E-state index in [4.69, 9.17) is 0 Å². The molecule has 2 fully saturated rings. The van der Waals surface area contributed by atoms with Crippen LogP contribution in [0.25, 0.3) is 0 Å². The molecule has 0 radical (unpaired) electrons. The van der Waals surface area contributed by atoms with Crippen LogP contribution in [0, 0.1) is 11.8 Å². The molecule has 2 nitrogen and oxygen atoms in total. The second-order valence-corrected chi connectivity index (χ2v) is 5.19. The second kappa shape index (κ2) is 3.25. The van der Waals surface area contributed by atoms with Crippen LogP contribution in [0.4, 0.5) is 0 Å². The van der Waals surface area contributed by atoms with Gasteiger partial charge < -0.3 is 10.4 Å². The minimum atomic E-state index is 0.0804. The number of aliphatic hydroxyl groups excluding tert-OH is 1. The van der Waals surface area contributed by atoms with Crippen LogP contribution < -0.4 is 5.32 Å². The summed E-state index contributed by atoms with van der Waals surface area (Å²) < 4.78 is 0.